The van der Waals surface area contributed by atoms with Crippen LogP contribution in [0.15, 0.2) is 216 Å². The van der Waals surface area contributed by atoms with Crippen LogP contribution in [0.1, 0.15) is 181 Å². The third kappa shape index (κ3) is 35.2. The summed E-state index contributed by atoms with van der Waals surface area (Å²) in [6.07, 6.45) is 3.31. The minimum absolute atomic E-state index is 0.111. The fourth-order valence-electron chi connectivity index (χ4n) is 14.6. The highest BCUT2D eigenvalue weighted by Gasteiger charge is 2.29. The van der Waals surface area contributed by atoms with Gasteiger partial charge >= 0.3 is 31.8 Å². The van der Waals surface area contributed by atoms with Crippen LogP contribution in [0.25, 0.3) is 0 Å². The van der Waals surface area contributed by atoms with E-state index in [2.05, 4.69) is 214 Å². The smallest absolute Gasteiger partial charge is 0.371 e. The summed E-state index contributed by atoms with van der Waals surface area (Å²) in [5.41, 5.74) is 31.6. The van der Waals surface area contributed by atoms with E-state index in [1.807, 2.05) is 145 Å². The quantitative estimate of drug-likeness (QED) is 0.0218. The molecule has 142 heavy (non-hydrogen) atoms. The summed E-state index contributed by atoms with van der Waals surface area (Å²) in [6.45, 7) is 43.7. The minimum atomic E-state index is -0.395. The van der Waals surface area contributed by atoms with Crippen LogP contribution in [-0.4, -0.2) is 79.6 Å². The van der Waals surface area contributed by atoms with Crippen LogP contribution in [0.4, 0.5) is 28.8 Å². The van der Waals surface area contributed by atoms with Crippen LogP contribution >= 0.6 is 109 Å². The van der Waals surface area contributed by atoms with Gasteiger partial charge < -0.3 is 61.9 Å². The first-order valence-corrected chi connectivity index (χ1v) is 52.8. The van der Waals surface area contributed by atoms with Crippen LogP contribution in [0.5, 0.6) is 34.5 Å². The highest BCUT2D eigenvalue weighted by molar-refractivity contribution is 14.1. The summed E-state index contributed by atoms with van der Waals surface area (Å²) < 4.78 is 66.8. The van der Waals surface area contributed by atoms with Gasteiger partial charge in [0.1, 0.15) is 74.1 Å². The lowest BCUT2D eigenvalue weighted by atomic mass is 10.0. The third-order valence-electron chi connectivity index (χ3n) is 23.9. The van der Waals surface area contributed by atoms with Crippen molar-refractivity contribution in [1.29, 1.82) is 0 Å². The van der Waals surface area contributed by atoms with Gasteiger partial charge in [-0.05, 0) is 457 Å². The Bertz CT molecular complexity index is 6010. The van der Waals surface area contributed by atoms with Crippen molar-refractivity contribution in [2.45, 2.75) is 239 Å². The number of benzene rings is 12. The monoisotopic (exact) mass is 2210 g/mol. The van der Waals surface area contributed by atoms with Crippen LogP contribution < -0.4 is 28.4 Å². The zero-order valence-electron chi connectivity index (χ0n) is 86.0. The highest BCUT2D eigenvalue weighted by atomic mass is 127. The molecular weight excluding hydrogens is 2080 g/mol. The van der Waals surface area contributed by atoms with E-state index >= 15 is 0 Å². The van der Waals surface area contributed by atoms with Gasteiger partial charge in [0.05, 0.1) is 49.3 Å². The second-order valence-electron chi connectivity index (χ2n) is 34.2. The summed E-state index contributed by atoms with van der Waals surface area (Å²) in [7, 11) is 8.31. The number of methoxy groups -OCH3 is 6. The Kier molecular flexibility index (Phi) is 47.6. The number of rotatable bonds is 27. The van der Waals surface area contributed by atoms with Crippen molar-refractivity contribution in [2.24, 2.45) is 0 Å². The molecule has 754 valence electrons. The molecule has 0 spiro atoms. The first kappa shape index (κ1) is 117. The van der Waals surface area contributed by atoms with Crippen molar-refractivity contribution in [2.75, 3.05) is 42.7 Å². The molecule has 1 N–H and O–H groups in total. The zero-order chi connectivity index (χ0) is 104. The normalized spacial score (nSPS) is 11.0. The highest BCUT2D eigenvalue weighted by Crippen LogP contribution is 2.45. The lowest BCUT2D eigenvalue weighted by Crippen LogP contribution is -2.05. The molecule has 1 aliphatic carbocycles. The van der Waals surface area contributed by atoms with E-state index in [9.17, 15) is 33.9 Å². The molecule has 0 aromatic heterocycles. The molecule has 1 fully saturated rings. The predicted molar refractivity (Wildman–Crippen MR) is 591 cm³/mol. The number of carbonyl (C=O) groups excluding carboxylic acids is 6. The molecule has 0 unspecified atom stereocenters. The van der Waals surface area contributed by atoms with Crippen molar-refractivity contribution >= 4 is 141 Å². The van der Waals surface area contributed by atoms with Gasteiger partial charge in [0.2, 0.25) is 0 Å². The molecule has 0 amide bonds. The van der Waals surface area contributed by atoms with Gasteiger partial charge in [0.15, 0.2) is 0 Å². The molecule has 13 rings (SSSR count). The first-order chi connectivity index (χ1) is 67.7. The molecule has 0 saturated heterocycles. The molecule has 12 aromatic rings. The summed E-state index contributed by atoms with van der Waals surface area (Å²) in [5.74, 6) is 5.81. The fourth-order valence-corrected chi connectivity index (χ4v) is 20.3. The minimum Gasteiger partial charge on any atom is -0.489 e. The van der Waals surface area contributed by atoms with Gasteiger partial charge in [0.25, 0.3) is 0 Å². The van der Waals surface area contributed by atoms with E-state index in [0.717, 1.165) is 232 Å². The number of aryl methyl sites for hydroxylation is 20. The van der Waals surface area contributed by atoms with Gasteiger partial charge in [0, 0.05) is 70.8 Å². The second kappa shape index (κ2) is 57.9. The topological polar surface area (TPSA) is 233 Å². The van der Waals surface area contributed by atoms with Gasteiger partial charge in [-0.2, -0.15) is 0 Å². The van der Waals surface area contributed by atoms with E-state index < -0.39 is 5.30 Å². The van der Waals surface area contributed by atoms with Gasteiger partial charge in [-0.25, -0.2) is 28.8 Å². The van der Waals surface area contributed by atoms with E-state index in [0.29, 0.717) is 39.0 Å². The molecule has 0 radical (unpaired) electrons. The van der Waals surface area contributed by atoms with Gasteiger partial charge in [-0.3, -0.25) is 0 Å². The average molecular weight is 2220 g/mol. The van der Waals surface area contributed by atoms with E-state index in [1.165, 1.54) is 128 Å². The molecule has 1 aliphatic rings. The zero-order valence-corrected chi connectivity index (χ0v) is 94.6. The fraction of sp³-hybridized carbons (Fsp3) is 0.322. The summed E-state index contributed by atoms with van der Waals surface area (Å²) in [6, 6.07) is 60.2. The Morgan fingerprint density at radius 1 is 0.282 bits per heavy atom. The Labute approximate surface area is 886 Å². The molecule has 19 nitrogen and oxygen atoms in total. The Balaban J connectivity index is 0.000000209. The number of aliphatic hydroxyl groups is 1. The predicted octanol–water partition coefficient (Wildman–Crippen LogP) is 32.9. The van der Waals surface area contributed by atoms with Gasteiger partial charge in [-0.15, -0.1) is 0 Å². The molecule has 1 saturated carbocycles. The number of hydrogen-bond acceptors (Lipinski definition) is 25. The summed E-state index contributed by atoms with van der Waals surface area (Å²) >= 11 is 12.3. The maximum Gasteiger partial charge on any atom is 0.371 e. The Morgan fingerprint density at radius 3 is 0.824 bits per heavy atom. The molecule has 12 aromatic carbocycles. The van der Waals surface area contributed by atoms with E-state index in [4.69, 9.17) is 56.8 Å². The molecule has 0 atom stereocenters. The number of aliphatic hydroxyl groups excluding tert-OH is 1. The van der Waals surface area contributed by atoms with Crippen molar-refractivity contribution in [3.8, 4) is 34.5 Å². The number of thioether (sulfide) groups is 6. The maximum atomic E-state index is 11.7. The third-order valence-corrected chi connectivity index (χ3v) is 31.2. The number of carbonyl (C=O) groups is 6. The molecule has 0 bridgehead atoms. The lowest BCUT2D eigenvalue weighted by Gasteiger charge is -2.16. The van der Waals surface area contributed by atoms with Crippen LogP contribution in [0.3, 0.4) is 0 Å². The number of hydrogen-bond donors (Lipinski definition) is 1. The Morgan fingerprint density at radius 2 is 0.514 bits per heavy atom. The first-order valence-electron chi connectivity index (χ1n) is 46.0. The molecule has 27 heteroatoms. The van der Waals surface area contributed by atoms with Crippen molar-refractivity contribution in [3.63, 3.8) is 0 Å². The molecule has 0 heterocycles. The van der Waals surface area contributed by atoms with E-state index in [1.54, 1.807) is 0 Å². The average Bonchev–Trinajstić information content (AvgIpc) is 1.66. The molecular formula is C115H130BrIO19S6. The number of halogens is 2. The lowest BCUT2D eigenvalue weighted by molar-refractivity contribution is 0.199. The summed E-state index contributed by atoms with van der Waals surface area (Å²) in [4.78, 5) is 74.7. The van der Waals surface area contributed by atoms with Crippen LogP contribution in [0.2, 0.25) is 0 Å². The maximum absolute atomic E-state index is 11.7. The largest absolute Gasteiger partial charge is 0.489 e. The Hall–Kier alpha value is -10.5. The van der Waals surface area contributed by atoms with Crippen molar-refractivity contribution < 1.29 is 90.7 Å². The van der Waals surface area contributed by atoms with Crippen molar-refractivity contribution in [1.82, 2.24) is 0 Å². The van der Waals surface area contributed by atoms with Crippen LogP contribution in [0, 0.1) is 135 Å². The number of ether oxygens (including phenoxy) is 12. The standard InChI is InChI=1S/C21H24O3S.C20H24O3S.C19H22O4S.C19H22O3S.C18H19BrO3S.C18H19IO3S/c1-13-10-15(3)19(11-14(13)2)24-12-18-17(16-8-9-16)6-5-7-20(18)25-21(22)23-4;1-6-16-8-7-9-19(24-20(21)22-5)17(16)12-23-18-11-14(3)13(2)10-15(18)4;1-12-8-14(3)17(9-13(12)2)23-11-16-15(10-20)6-5-7-18(16)24-19(21)22-4;1-12-7-6-8-18(23-19(20)21-5)16(12)11-22-17-10-14(3)13(2)9-15(17)4;2*1-11-8-13(3)16(9-12(11)2)22-10-14-15(19)6-5-7-17(14)23-18(20)21-4/h5-7,10-11,16H,8-9,12H2,1-4H3;7-11H,6,12H2,1-5H3;5-9,20H,10-11H2,1-4H3;6-10H,11H2,1-5H3;2*5-9H,10H2,1-4H3. The van der Waals surface area contributed by atoms with E-state index in [-0.39, 0.29) is 39.7 Å². The second-order valence-corrected chi connectivity index (χ2v) is 42.0. The SMILES string of the molecule is CCc1cccc(SC(=O)OC)c1COc1cc(C)c(C)cc1C.COC(=O)Sc1cccc(Br)c1COc1cc(C)c(C)cc1C.COC(=O)Sc1cccc(C)c1COc1cc(C)c(C)cc1C.COC(=O)Sc1cccc(C2CC2)c1COc1cc(C)c(C)cc1C.COC(=O)Sc1cccc(CO)c1COc1cc(C)c(C)cc1C.COC(=O)Sc1cccc(I)c1COc1cc(C)c(C)cc1C. The summed E-state index contributed by atoms with van der Waals surface area (Å²) in [5, 5.41) is 7.60. The van der Waals surface area contributed by atoms with Crippen molar-refractivity contribution in [3.05, 3.63) is 346 Å². The van der Waals surface area contributed by atoms with Crippen LogP contribution in [-0.2, 0) is 81.1 Å². The van der Waals surface area contributed by atoms with Gasteiger partial charge in [-0.1, -0.05) is 120 Å². The molecule has 0 aliphatic heterocycles.